The van der Waals surface area contributed by atoms with E-state index in [0.717, 1.165) is 0 Å². The Hall–Kier alpha value is -1.83. The number of nitrogens with one attached hydrogen (secondary N) is 3. The van der Waals surface area contributed by atoms with Gasteiger partial charge in [-0.1, -0.05) is 0 Å². The van der Waals surface area contributed by atoms with Crippen molar-refractivity contribution in [1.29, 1.82) is 0 Å². The van der Waals surface area contributed by atoms with E-state index >= 15 is 0 Å². The van der Waals surface area contributed by atoms with Gasteiger partial charge < -0.3 is 26.2 Å². The quantitative estimate of drug-likeness (QED) is 0.365. The molecule has 0 aromatic rings. The van der Waals surface area contributed by atoms with Gasteiger partial charge in [0.05, 0.1) is 6.54 Å². The average Bonchev–Trinajstić information content (AvgIpc) is 2.26. The number of aliphatic hydroxyl groups is 1. The molecule has 0 spiro atoms. The van der Waals surface area contributed by atoms with Gasteiger partial charge in [0, 0.05) is 19.6 Å². The molecule has 0 radical (unpaired) electrons. The Morgan fingerprint density at radius 1 is 1.24 bits per heavy atom. The number of aliphatic hydroxyl groups excluding tert-OH is 1. The number of carbonyl (C=O) groups excluding carboxylic acids is 2. The number of likely N-dealkylation sites (N-methyl/N-ethyl adjacent to an activating group) is 1. The molecule has 98 valence electrons. The molecule has 17 heavy (non-hydrogen) atoms. The lowest BCUT2D eigenvalue weighted by Crippen LogP contribution is -2.48. The van der Waals surface area contributed by atoms with Gasteiger partial charge in [0.15, 0.2) is 0 Å². The first-order chi connectivity index (χ1) is 8.01. The van der Waals surface area contributed by atoms with Crippen molar-refractivity contribution in [2.24, 2.45) is 0 Å². The van der Waals surface area contributed by atoms with Crippen molar-refractivity contribution in [2.75, 3.05) is 19.7 Å². The summed E-state index contributed by atoms with van der Waals surface area (Å²) in [4.78, 5) is 32.8. The van der Waals surface area contributed by atoms with Gasteiger partial charge in [0.1, 0.15) is 6.04 Å². The molecule has 1 unspecified atom stereocenters. The molecular formula is C9H17N3O5. The van der Waals surface area contributed by atoms with Crippen LogP contribution in [0.2, 0.25) is 0 Å². The molecule has 3 amide bonds. The lowest BCUT2D eigenvalue weighted by Gasteiger charge is -2.13. The van der Waals surface area contributed by atoms with Gasteiger partial charge in [-0.3, -0.25) is 4.79 Å². The van der Waals surface area contributed by atoms with Gasteiger partial charge in [-0.15, -0.1) is 0 Å². The molecule has 0 aliphatic heterocycles. The van der Waals surface area contributed by atoms with Crippen LogP contribution in [0.25, 0.3) is 0 Å². The lowest BCUT2D eigenvalue weighted by atomic mass is 10.2. The predicted octanol–water partition coefficient (Wildman–Crippen LogP) is -1.74. The Labute approximate surface area is 98.4 Å². The van der Waals surface area contributed by atoms with Crippen LogP contribution in [0, 0.1) is 0 Å². The van der Waals surface area contributed by atoms with Gasteiger partial charge in [-0.25, -0.2) is 9.59 Å². The number of aliphatic carboxylic acids is 1. The van der Waals surface area contributed by atoms with Crippen LogP contribution < -0.4 is 16.0 Å². The van der Waals surface area contributed by atoms with Crippen LogP contribution in [-0.4, -0.2) is 53.9 Å². The fourth-order valence-corrected chi connectivity index (χ4v) is 1.02. The third-order valence-corrected chi connectivity index (χ3v) is 1.80. The second-order valence-corrected chi connectivity index (χ2v) is 3.18. The first kappa shape index (κ1) is 15.2. The van der Waals surface area contributed by atoms with Crippen LogP contribution >= 0.6 is 0 Å². The Kier molecular flexibility index (Phi) is 7.44. The zero-order valence-electron chi connectivity index (χ0n) is 9.52. The Morgan fingerprint density at radius 2 is 1.88 bits per heavy atom. The van der Waals surface area contributed by atoms with Crippen LogP contribution in [0.1, 0.15) is 13.3 Å². The molecule has 0 saturated carbocycles. The van der Waals surface area contributed by atoms with E-state index < -0.39 is 18.0 Å². The van der Waals surface area contributed by atoms with Crippen LogP contribution in [0.4, 0.5) is 4.79 Å². The van der Waals surface area contributed by atoms with E-state index in [9.17, 15) is 14.4 Å². The van der Waals surface area contributed by atoms with Crippen molar-refractivity contribution in [1.82, 2.24) is 16.0 Å². The number of rotatable bonds is 7. The average molecular weight is 247 g/mol. The molecule has 0 saturated heterocycles. The summed E-state index contributed by atoms with van der Waals surface area (Å²) in [6.07, 6.45) is -0.0933. The maximum absolute atomic E-state index is 11.2. The highest BCUT2D eigenvalue weighted by atomic mass is 16.4. The molecule has 0 fully saturated rings. The van der Waals surface area contributed by atoms with E-state index in [-0.39, 0.29) is 25.5 Å². The summed E-state index contributed by atoms with van der Waals surface area (Å²) in [5.74, 6) is -1.61. The van der Waals surface area contributed by atoms with Gasteiger partial charge in [0.2, 0.25) is 5.91 Å². The summed E-state index contributed by atoms with van der Waals surface area (Å²) in [6.45, 7) is 1.60. The molecule has 0 aliphatic carbocycles. The van der Waals surface area contributed by atoms with Crippen molar-refractivity contribution >= 4 is 17.9 Å². The highest BCUT2D eigenvalue weighted by molar-refractivity contribution is 5.86. The number of amides is 3. The fourth-order valence-electron chi connectivity index (χ4n) is 1.02. The monoisotopic (exact) mass is 247 g/mol. The number of hydrogen-bond donors (Lipinski definition) is 5. The van der Waals surface area contributed by atoms with Crippen molar-refractivity contribution < 1.29 is 24.6 Å². The van der Waals surface area contributed by atoms with Crippen molar-refractivity contribution in [3.05, 3.63) is 0 Å². The first-order valence-electron chi connectivity index (χ1n) is 5.16. The highest BCUT2D eigenvalue weighted by Crippen LogP contribution is 1.90. The number of urea groups is 1. The van der Waals surface area contributed by atoms with E-state index in [2.05, 4.69) is 16.0 Å². The van der Waals surface area contributed by atoms with Gasteiger partial charge in [0.25, 0.3) is 0 Å². The third kappa shape index (κ3) is 7.12. The SMILES string of the molecule is CCNC(=O)CNC(=O)NC(CCO)C(=O)O. The Bertz CT molecular complexity index is 282. The summed E-state index contributed by atoms with van der Waals surface area (Å²) in [5, 5.41) is 24.1. The summed E-state index contributed by atoms with van der Waals surface area (Å²) >= 11 is 0. The third-order valence-electron chi connectivity index (χ3n) is 1.80. The standard InChI is InChI=1S/C9H17N3O5/c1-2-10-7(14)5-11-9(17)12-6(3-4-13)8(15)16/h6,13H,2-5H2,1H3,(H,10,14)(H,15,16)(H2,11,12,17). The topological polar surface area (TPSA) is 128 Å². The molecule has 0 aromatic heterocycles. The fraction of sp³-hybridized carbons (Fsp3) is 0.667. The van der Waals surface area contributed by atoms with E-state index in [1.165, 1.54) is 0 Å². The van der Waals surface area contributed by atoms with Gasteiger partial charge >= 0.3 is 12.0 Å². The first-order valence-corrected chi connectivity index (χ1v) is 5.16. The van der Waals surface area contributed by atoms with Crippen molar-refractivity contribution in [3.63, 3.8) is 0 Å². The number of carboxylic acid groups (broad SMARTS) is 1. The van der Waals surface area contributed by atoms with Crippen molar-refractivity contribution in [3.8, 4) is 0 Å². The van der Waals surface area contributed by atoms with E-state index in [0.29, 0.717) is 6.54 Å². The minimum absolute atomic E-state index is 0.0933. The molecule has 0 rings (SSSR count). The Balaban J connectivity index is 3.98. The van der Waals surface area contributed by atoms with Crippen LogP contribution in [-0.2, 0) is 9.59 Å². The minimum atomic E-state index is -1.24. The molecule has 0 aliphatic rings. The number of carboxylic acids is 1. The molecule has 5 N–H and O–H groups in total. The largest absolute Gasteiger partial charge is 0.480 e. The van der Waals surface area contributed by atoms with Crippen molar-refractivity contribution in [2.45, 2.75) is 19.4 Å². The second-order valence-electron chi connectivity index (χ2n) is 3.18. The van der Waals surface area contributed by atoms with Crippen LogP contribution in [0.15, 0.2) is 0 Å². The summed E-state index contributed by atoms with van der Waals surface area (Å²) in [6, 6.07) is -1.94. The predicted molar refractivity (Wildman–Crippen MR) is 58.3 cm³/mol. The van der Waals surface area contributed by atoms with E-state index in [4.69, 9.17) is 10.2 Å². The molecule has 0 heterocycles. The van der Waals surface area contributed by atoms with Crippen LogP contribution in [0.5, 0.6) is 0 Å². The minimum Gasteiger partial charge on any atom is -0.480 e. The molecule has 8 nitrogen and oxygen atoms in total. The normalized spacial score (nSPS) is 11.4. The van der Waals surface area contributed by atoms with Crippen LogP contribution in [0.3, 0.4) is 0 Å². The molecule has 0 aromatic carbocycles. The molecule has 1 atom stereocenters. The maximum Gasteiger partial charge on any atom is 0.326 e. The number of carbonyl (C=O) groups is 3. The lowest BCUT2D eigenvalue weighted by molar-refractivity contribution is -0.139. The molecular weight excluding hydrogens is 230 g/mol. The number of hydrogen-bond acceptors (Lipinski definition) is 4. The summed E-state index contributed by atoms with van der Waals surface area (Å²) in [5.41, 5.74) is 0. The second kappa shape index (κ2) is 8.34. The zero-order chi connectivity index (χ0) is 13.3. The maximum atomic E-state index is 11.2. The highest BCUT2D eigenvalue weighted by Gasteiger charge is 2.19. The van der Waals surface area contributed by atoms with Gasteiger partial charge in [-0.05, 0) is 6.92 Å². The molecule has 8 heteroatoms. The van der Waals surface area contributed by atoms with E-state index in [1.54, 1.807) is 6.92 Å². The Morgan fingerprint density at radius 3 is 2.35 bits per heavy atom. The zero-order valence-corrected chi connectivity index (χ0v) is 9.52. The summed E-state index contributed by atoms with van der Waals surface area (Å²) < 4.78 is 0. The molecule has 0 bridgehead atoms. The van der Waals surface area contributed by atoms with Gasteiger partial charge in [-0.2, -0.15) is 0 Å². The summed E-state index contributed by atoms with van der Waals surface area (Å²) in [7, 11) is 0. The van der Waals surface area contributed by atoms with E-state index in [1.807, 2.05) is 0 Å². The smallest absolute Gasteiger partial charge is 0.326 e.